The van der Waals surface area contributed by atoms with Gasteiger partial charge in [0.1, 0.15) is 5.75 Å². The van der Waals surface area contributed by atoms with Crippen molar-refractivity contribution in [3.8, 4) is 5.75 Å². The molecule has 0 unspecified atom stereocenters. The Kier molecular flexibility index (Phi) is 7.43. The minimum atomic E-state index is -3.50. The first kappa shape index (κ1) is 23.7. The molecule has 2 atom stereocenters. The summed E-state index contributed by atoms with van der Waals surface area (Å²) < 4.78 is 28.9. The Morgan fingerprint density at radius 3 is 2.48 bits per heavy atom. The predicted octanol–water partition coefficient (Wildman–Crippen LogP) is 5.27. The van der Waals surface area contributed by atoms with Gasteiger partial charge in [0.2, 0.25) is 10.0 Å². The molecule has 2 N–H and O–H groups in total. The Hall–Kier alpha value is -1.92. The smallest absolute Gasteiger partial charge is 0.213 e. The zero-order valence-electron chi connectivity index (χ0n) is 19.1. The molecule has 0 heterocycles. The predicted molar refractivity (Wildman–Crippen MR) is 129 cm³/mol. The molecule has 0 bridgehead atoms. The van der Waals surface area contributed by atoms with Gasteiger partial charge in [-0.3, -0.25) is 4.99 Å². The normalized spacial score (nSPS) is 18.5. The van der Waals surface area contributed by atoms with Crippen LogP contribution in [0.15, 0.2) is 41.4 Å². The van der Waals surface area contributed by atoms with Crippen LogP contribution in [0.4, 0.5) is 0 Å². The van der Waals surface area contributed by atoms with Gasteiger partial charge < -0.3 is 5.11 Å². The van der Waals surface area contributed by atoms with E-state index in [0.717, 1.165) is 23.6 Å². The molecule has 0 saturated heterocycles. The number of phenols is 1. The Morgan fingerprint density at radius 2 is 1.81 bits per heavy atom. The lowest BCUT2D eigenvalue weighted by molar-refractivity contribution is 0.301. The van der Waals surface area contributed by atoms with Crippen LogP contribution in [0.5, 0.6) is 5.75 Å². The number of nitrogens with zero attached hydrogens (tertiary/aromatic N) is 1. The van der Waals surface area contributed by atoms with Gasteiger partial charge in [-0.2, -0.15) is 0 Å². The fourth-order valence-electron chi connectivity index (χ4n) is 4.37. The number of phenolic OH excluding ortho intramolecular Hbond substituents is 1. The Balaban J connectivity index is 1.81. The highest BCUT2D eigenvalue weighted by Gasteiger charge is 2.31. The summed E-state index contributed by atoms with van der Waals surface area (Å²) in [6.07, 6.45) is 7.42. The number of hydrogen-bond acceptors (Lipinski definition) is 4. The molecular formula is C25H36N2O3S. The van der Waals surface area contributed by atoms with E-state index >= 15 is 0 Å². The van der Waals surface area contributed by atoms with Gasteiger partial charge in [0, 0.05) is 17.8 Å². The lowest BCUT2D eigenvalue weighted by Gasteiger charge is -2.30. The molecule has 2 aromatic carbocycles. The maximum absolute atomic E-state index is 13.0. The number of benzene rings is 2. The molecule has 0 aromatic heterocycles. The monoisotopic (exact) mass is 444 g/mol. The molecular weight excluding hydrogens is 408 g/mol. The minimum absolute atomic E-state index is 0.0583. The van der Waals surface area contributed by atoms with Gasteiger partial charge in [-0.15, -0.1) is 0 Å². The van der Waals surface area contributed by atoms with Crippen LogP contribution in [-0.4, -0.2) is 37.6 Å². The van der Waals surface area contributed by atoms with Gasteiger partial charge in [0.05, 0.1) is 11.8 Å². The van der Waals surface area contributed by atoms with Crippen molar-refractivity contribution in [3.63, 3.8) is 0 Å². The molecule has 2 aromatic rings. The molecule has 1 saturated carbocycles. The molecule has 1 fully saturated rings. The standard InChI is InChI=1S/C25H36N2O3S/c1-18(19-10-6-5-7-11-19)27-31(29,30)17-24(25(2,3)4)26-16-22-21-13-9-8-12-20(21)14-15-23(22)28/h8-9,12-16,18-19,24,27-28H,5-7,10-11,17H2,1-4H3/t18-,24+/m0/s1. The highest BCUT2D eigenvalue weighted by Crippen LogP contribution is 2.29. The van der Waals surface area contributed by atoms with E-state index in [1.54, 1.807) is 12.3 Å². The van der Waals surface area contributed by atoms with E-state index in [1.165, 1.54) is 19.3 Å². The molecule has 0 aliphatic heterocycles. The summed E-state index contributed by atoms with van der Waals surface area (Å²) in [6.45, 7) is 7.98. The fourth-order valence-corrected chi connectivity index (χ4v) is 6.23. The molecule has 1 aliphatic carbocycles. The van der Waals surface area contributed by atoms with Crippen molar-refractivity contribution in [2.75, 3.05) is 5.75 Å². The zero-order chi connectivity index (χ0) is 22.6. The van der Waals surface area contributed by atoms with E-state index in [-0.39, 0.29) is 23.0 Å². The molecule has 0 amide bonds. The van der Waals surface area contributed by atoms with Crippen LogP contribution in [0.3, 0.4) is 0 Å². The minimum Gasteiger partial charge on any atom is -0.507 e. The van der Waals surface area contributed by atoms with Crippen molar-refractivity contribution in [1.82, 2.24) is 4.72 Å². The molecule has 6 heteroatoms. The second kappa shape index (κ2) is 9.70. The van der Waals surface area contributed by atoms with E-state index in [1.807, 2.05) is 58.0 Å². The van der Waals surface area contributed by atoms with Crippen LogP contribution in [0.1, 0.15) is 65.4 Å². The quantitative estimate of drug-likeness (QED) is 0.571. The number of aromatic hydroxyl groups is 1. The van der Waals surface area contributed by atoms with E-state index in [4.69, 9.17) is 0 Å². The van der Waals surface area contributed by atoms with Crippen LogP contribution < -0.4 is 4.72 Å². The maximum Gasteiger partial charge on any atom is 0.213 e. The summed E-state index contributed by atoms with van der Waals surface area (Å²) in [5.41, 5.74) is 0.271. The zero-order valence-corrected chi connectivity index (χ0v) is 20.0. The van der Waals surface area contributed by atoms with Crippen molar-refractivity contribution in [1.29, 1.82) is 0 Å². The first-order valence-corrected chi connectivity index (χ1v) is 13.0. The summed E-state index contributed by atoms with van der Waals surface area (Å²) in [5, 5.41) is 12.3. The summed E-state index contributed by atoms with van der Waals surface area (Å²) >= 11 is 0. The fraction of sp³-hybridized carbons (Fsp3) is 0.560. The lowest BCUT2D eigenvalue weighted by atomic mass is 9.85. The number of rotatable bonds is 7. The van der Waals surface area contributed by atoms with Crippen LogP contribution in [0.25, 0.3) is 10.8 Å². The van der Waals surface area contributed by atoms with Crippen LogP contribution in [0, 0.1) is 11.3 Å². The average molecular weight is 445 g/mol. The number of nitrogens with one attached hydrogen (secondary N) is 1. The summed E-state index contributed by atoms with van der Waals surface area (Å²) in [5.74, 6) is 0.477. The Bertz CT molecular complexity index is 1020. The van der Waals surface area contributed by atoms with Crippen molar-refractivity contribution < 1.29 is 13.5 Å². The second-order valence-electron chi connectivity index (χ2n) is 9.97. The van der Waals surface area contributed by atoms with Crippen LogP contribution >= 0.6 is 0 Å². The van der Waals surface area contributed by atoms with Crippen LogP contribution in [-0.2, 0) is 10.0 Å². The number of fused-ring (bicyclic) bond motifs is 1. The largest absolute Gasteiger partial charge is 0.507 e. The van der Waals surface area contributed by atoms with Crippen LogP contribution in [0.2, 0.25) is 0 Å². The highest BCUT2D eigenvalue weighted by atomic mass is 32.2. The molecule has 31 heavy (non-hydrogen) atoms. The molecule has 0 radical (unpaired) electrons. The third kappa shape index (κ3) is 6.30. The SMILES string of the molecule is C[C@H](NS(=O)(=O)C[C@@H](N=Cc1c(O)ccc2ccccc12)C(C)(C)C)C1CCCCC1. The lowest BCUT2D eigenvalue weighted by Crippen LogP contribution is -2.44. The molecule has 0 spiro atoms. The third-order valence-electron chi connectivity index (χ3n) is 6.43. The van der Waals surface area contributed by atoms with E-state index in [2.05, 4.69) is 9.71 Å². The maximum atomic E-state index is 13.0. The van der Waals surface area contributed by atoms with Gasteiger partial charge in [-0.25, -0.2) is 13.1 Å². The number of hydrogen-bond donors (Lipinski definition) is 2. The van der Waals surface area contributed by atoms with Gasteiger partial charge >= 0.3 is 0 Å². The molecule has 170 valence electrons. The van der Waals surface area contributed by atoms with Gasteiger partial charge in [0.25, 0.3) is 0 Å². The number of sulfonamides is 1. The van der Waals surface area contributed by atoms with Crippen molar-refractivity contribution in [3.05, 3.63) is 42.0 Å². The topological polar surface area (TPSA) is 78.8 Å². The van der Waals surface area contributed by atoms with Crippen molar-refractivity contribution in [2.24, 2.45) is 16.3 Å². The van der Waals surface area contributed by atoms with Gasteiger partial charge in [-0.1, -0.05) is 70.4 Å². The summed E-state index contributed by atoms with van der Waals surface area (Å²) in [7, 11) is -3.50. The molecule has 3 rings (SSSR count). The number of aliphatic imine (C=N–C) groups is 1. The van der Waals surface area contributed by atoms with E-state index in [0.29, 0.717) is 11.5 Å². The summed E-state index contributed by atoms with van der Waals surface area (Å²) in [6, 6.07) is 10.8. The van der Waals surface area contributed by atoms with E-state index < -0.39 is 16.1 Å². The van der Waals surface area contributed by atoms with Gasteiger partial charge in [-0.05, 0) is 47.9 Å². The Labute approximate surface area is 187 Å². The first-order chi connectivity index (χ1) is 14.6. The third-order valence-corrected chi connectivity index (χ3v) is 7.92. The van der Waals surface area contributed by atoms with Crippen molar-refractivity contribution >= 4 is 27.0 Å². The van der Waals surface area contributed by atoms with Gasteiger partial charge in [0.15, 0.2) is 0 Å². The Morgan fingerprint density at radius 1 is 1.13 bits per heavy atom. The highest BCUT2D eigenvalue weighted by molar-refractivity contribution is 7.89. The summed E-state index contributed by atoms with van der Waals surface area (Å²) in [4.78, 5) is 4.68. The average Bonchev–Trinajstić information content (AvgIpc) is 2.71. The van der Waals surface area contributed by atoms with E-state index in [9.17, 15) is 13.5 Å². The molecule has 1 aliphatic rings. The second-order valence-corrected chi connectivity index (χ2v) is 11.8. The first-order valence-electron chi connectivity index (χ1n) is 11.3. The molecule has 5 nitrogen and oxygen atoms in total. The van der Waals surface area contributed by atoms with Crippen molar-refractivity contribution in [2.45, 2.75) is 71.9 Å².